The van der Waals surface area contributed by atoms with Gasteiger partial charge in [0.05, 0.1) is 0 Å². The van der Waals surface area contributed by atoms with E-state index in [4.69, 9.17) is 5.11 Å². The molecule has 0 fully saturated rings. The average molecular weight is 177 g/mol. The summed E-state index contributed by atoms with van der Waals surface area (Å²) in [5, 5.41) is 16.7. The van der Waals surface area contributed by atoms with Crippen molar-refractivity contribution in [3.8, 4) is 0 Å². The number of rotatable bonds is 3. The van der Waals surface area contributed by atoms with E-state index in [-0.39, 0.29) is 0 Å². The second-order valence-corrected chi connectivity index (χ2v) is 2.53. The van der Waals surface area contributed by atoms with E-state index in [1.165, 1.54) is 0 Å². The standard InChI is InChI=1S/C5H7NO6/c1-5(2,3(7)8)4(9)12-6(10)11/h1-2H3,(H,7,8). The summed E-state index contributed by atoms with van der Waals surface area (Å²) in [5.74, 6) is -2.88. The predicted octanol–water partition coefficient (Wildman–Crippen LogP) is -0.168. The van der Waals surface area contributed by atoms with E-state index in [0.717, 1.165) is 13.8 Å². The number of carbonyl (C=O) groups is 2. The van der Waals surface area contributed by atoms with Crippen LogP contribution in [-0.4, -0.2) is 22.1 Å². The van der Waals surface area contributed by atoms with E-state index in [1.54, 1.807) is 0 Å². The van der Waals surface area contributed by atoms with Gasteiger partial charge in [-0.15, -0.1) is 10.1 Å². The summed E-state index contributed by atoms with van der Waals surface area (Å²) in [6.07, 6.45) is 0. The van der Waals surface area contributed by atoms with Crippen LogP contribution in [0.5, 0.6) is 0 Å². The first-order valence-electron chi connectivity index (χ1n) is 2.88. The van der Waals surface area contributed by atoms with Gasteiger partial charge in [-0.25, -0.2) is 4.84 Å². The van der Waals surface area contributed by atoms with Crippen LogP contribution in [0.4, 0.5) is 0 Å². The Morgan fingerprint density at radius 2 is 1.92 bits per heavy atom. The lowest BCUT2D eigenvalue weighted by Crippen LogP contribution is -2.35. The maximum Gasteiger partial charge on any atom is 0.320 e. The number of carbonyl (C=O) groups excluding carboxylic acids is 1. The summed E-state index contributed by atoms with van der Waals surface area (Å²) in [6.45, 7) is 2.03. The monoisotopic (exact) mass is 177 g/mol. The van der Waals surface area contributed by atoms with Crippen LogP contribution in [0.1, 0.15) is 13.8 Å². The molecule has 0 aliphatic heterocycles. The van der Waals surface area contributed by atoms with E-state index in [0.29, 0.717) is 0 Å². The van der Waals surface area contributed by atoms with Crippen LogP contribution in [0.2, 0.25) is 0 Å². The Bertz CT molecular complexity index is 232. The van der Waals surface area contributed by atoms with Gasteiger partial charge in [0.2, 0.25) is 0 Å². The topological polar surface area (TPSA) is 107 Å². The quantitative estimate of drug-likeness (QED) is 0.364. The molecule has 0 saturated carbocycles. The molecule has 0 aliphatic carbocycles. The predicted molar refractivity (Wildman–Crippen MR) is 34.5 cm³/mol. The molecule has 7 nitrogen and oxygen atoms in total. The zero-order valence-electron chi connectivity index (χ0n) is 6.44. The molecule has 0 saturated heterocycles. The Morgan fingerprint density at radius 1 is 1.50 bits per heavy atom. The molecule has 0 bridgehead atoms. The molecule has 7 heteroatoms. The third-order valence-corrected chi connectivity index (χ3v) is 1.20. The highest BCUT2D eigenvalue weighted by molar-refractivity contribution is 5.97. The minimum atomic E-state index is -1.90. The van der Waals surface area contributed by atoms with Crippen LogP contribution in [-0.2, 0) is 14.4 Å². The summed E-state index contributed by atoms with van der Waals surface area (Å²) in [4.78, 5) is 34.1. The smallest absolute Gasteiger partial charge is 0.320 e. The fourth-order valence-corrected chi connectivity index (χ4v) is 0.269. The summed E-state index contributed by atoms with van der Waals surface area (Å²) >= 11 is 0. The third-order valence-electron chi connectivity index (χ3n) is 1.20. The van der Waals surface area contributed by atoms with Crippen molar-refractivity contribution >= 4 is 11.9 Å². The van der Waals surface area contributed by atoms with Gasteiger partial charge in [-0.3, -0.25) is 9.59 Å². The van der Waals surface area contributed by atoms with Gasteiger partial charge in [-0.2, -0.15) is 0 Å². The van der Waals surface area contributed by atoms with Gasteiger partial charge in [0.1, 0.15) is 5.41 Å². The van der Waals surface area contributed by atoms with E-state index < -0.39 is 22.4 Å². The molecule has 68 valence electrons. The van der Waals surface area contributed by atoms with Crippen molar-refractivity contribution in [3.05, 3.63) is 10.1 Å². The molecule has 0 atom stereocenters. The lowest BCUT2D eigenvalue weighted by Gasteiger charge is -2.14. The molecule has 0 heterocycles. The second-order valence-electron chi connectivity index (χ2n) is 2.53. The van der Waals surface area contributed by atoms with Crippen LogP contribution < -0.4 is 0 Å². The summed E-state index contributed by atoms with van der Waals surface area (Å²) in [5.41, 5.74) is -1.90. The first-order chi connectivity index (χ1) is 5.28. The maximum absolute atomic E-state index is 10.7. The second kappa shape index (κ2) is 3.16. The minimum absolute atomic E-state index is 1.02. The number of hydrogen-bond acceptors (Lipinski definition) is 5. The van der Waals surface area contributed by atoms with Crippen LogP contribution in [0.3, 0.4) is 0 Å². The Labute approximate surface area is 67.0 Å². The van der Waals surface area contributed by atoms with Gasteiger partial charge < -0.3 is 5.11 Å². The summed E-state index contributed by atoms with van der Waals surface area (Å²) in [7, 11) is 0. The summed E-state index contributed by atoms with van der Waals surface area (Å²) in [6, 6.07) is 0. The molecule has 0 aromatic heterocycles. The molecule has 0 aromatic rings. The Kier molecular flexibility index (Phi) is 2.72. The molecule has 1 N–H and O–H groups in total. The van der Waals surface area contributed by atoms with Crippen LogP contribution >= 0.6 is 0 Å². The van der Waals surface area contributed by atoms with Gasteiger partial charge in [-0.1, -0.05) is 0 Å². The Morgan fingerprint density at radius 3 is 2.17 bits per heavy atom. The van der Waals surface area contributed by atoms with Gasteiger partial charge in [-0.05, 0) is 13.8 Å². The fraction of sp³-hybridized carbons (Fsp3) is 0.600. The van der Waals surface area contributed by atoms with Crippen LogP contribution in [0.15, 0.2) is 0 Å². The lowest BCUT2D eigenvalue weighted by molar-refractivity contribution is -0.730. The molecule has 0 amide bonds. The zero-order valence-corrected chi connectivity index (χ0v) is 6.44. The highest BCUT2D eigenvalue weighted by Gasteiger charge is 2.38. The first-order valence-corrected chi connectivity index (χ1v) is 2.88. The van der Waals surface area contributed by atoms with Gasteiger partial charge in [0.25, 0.3) is 0 Å². The number of carboxylic acid groups (broad SMARTS) is 1. The molecule has 0 rings (SSSR count). The minimum Gasteiger partial charge on any atom is -0.480 e. The van der Waals surface area contributed by atoms with Crippen molar-refractivity contribution in [2.75, 3.05) is 0 Å². The molecule has 0 spiro atoms. The zero-order chi connectivity index (χ0) is 9.94. The molecule has 0 aromatic carbocycles. The average Bonchev–Trinajstić information content (AvgIpc) is 1.85. The maximum atomic E-state index is 10.7. The largest absolute Gasteiger partial charge is 0.480 e. The number of hydrogen-bond donors (Lipinski definition) is 1. The fourth-order valence-electron chi connectivity index (χ4n) is 0.269. The SMILES string of the molecule is CC(C)(C(=O)O)C(=O)O[N+](=O)[O-]. The number of aliphatic carboxylic acids is 1. The highest BCUT2D eigenvalue weighted by Crippen LogP contribution is 2.16. The van der Waals surface area contributed by atoms with Crippen LogP contribution in [0.25, 0.3) is 0 Å². The van der Waals surface area contributed by atoms with E-state index >= 15 is 0 Å². The van der Waals surface area contributed by atoms with Gasteiger partial charge in [0.15, 0.2) is 0 Å². The normalized spacial score (nSPS) is 10.5. The van der Waals surface area contributed by atoms with Gasteiger partial charge >= 0.3 is 17.0 Å². The number of nitrogens with zero attached hydrogens (tertiary/aromatic N) is 1. The van der Waals surface area contributed by atoms with Crippen molar-refractivity contribution in [2.45, 2.75) is 13.8 Å². The van der Waals surface area contributed by atoms with Crippen LogP contribution in [0, 0.1) is 15.5 Å². The van der Waals surface area contributed by atoms with E-state index in [9.17, 15) is 19.7 Å². The number of carboxylic acids is 1. The molecule has 0 radical (unpaired) electrons. The molecular weight excluding hydrogens is 170 g/mol. The Balaban J connectivity index is 4.47. The van der Waals surface area contributed by atoms with E-state index in [2.05, 4.69) is 4.84 Å². The van der Waals surface area contributed by atoms with Crippen molar-refractivity contribution < 1.29 is 24.6 Å². The lowest BCUT2D eigenvalue weighted by atomic mass is 9.94. The van der Waals surface area contributed by atoms with Crippen molar-refractivity contribution in [3.63, 3.8) is 0 Å². The summed E-state index contributed by atoms with van der Waals surface area (Å²) < 4.78 is 0. The molecule has 12 heavy (non-hydrogen) atoms. The van der Waals surface area contributed by atoms with E-state index in [1.807, 2.05) is 0 Å². The Hall–Kier alpha value is -1.66. The third kappa shape index (κ3) is 2.19. The molecule has 0 unspecified atom stereocenters. The van der Waals surface area contributed by atoms with Crippen molar-refractivity contribution in [1.29, 1.82) is 0 Å². The highest BCUT2D eigenvalue weighted by atomic mass is 17.0. The molecule has 0 aliphatic rings. The van der Waals surface area contributed by atoms with Crippen molar-refractivity contribution in [1.82, 2.24) is 0 Å². The van der Waals surface area contributed by atoms with Crippen molar-refractivity contribution in [2.24, 2.45) is 5.41 Å². The first kappa shape index (κ1) is 10.3. The molecular formula is C5H7NO6. The van der Waals surface area contributed by atoms with Gasteiger partial charge in [0, 0.05) is 0 Å².